The molecule has 0 fully saturated rings. The first-order valence-corrected chi connectivity index (χ1v) is 7.26. The zero-order valence-electron chi connectivity index (χ0n) is 9.96. The summed E-state index contributed by atoms with van der Waals surface area (Å²) < 4.78 is 0.592. The Hall–Kier alpha value is -1.35. The molecule has 0 atom stereocenters. The summed E-state index contributed by atoms with van der Waals surface area (Å²) in [6.45, 7) is 0. The number of halogens is 2. The molecule has 0 amide bonds. The maximum atomic E-state index is 5.72. The van der Waals surface area contributed by atoms with E-state index in [1.807, 2.05) is 66.0 Å². The minimum atomic E-state index is 0.592. The highest BCUT2D eigenvalue weighted by atomic mass is 35.5. The Kier molecular flexibility index (Phi) is 5.40. The summed E-state index contributed by atoms with van der Waals surface area (Å²) in [5.41, 5.74) is 2.06. The van der Waals surface area contributed by atoms with E-state index < -0.39 is 0 Å². The van der Waals surface area contributed by atoms with Gasteiger partial charge in [-0.05, 0) is 12.1 Å². The molecule has 0 saturated carbocycles. The second kappa shape index (κ2) is 7.29. The average Bonchev–Trinajstić information content (AvgIpc) is 2.88. The maximum absolute atomic E-state index is 5.72. The number of thiazole rings is 1. The number of nitrogens with zero attached hydrogens (tertiary/aromatic N) is 1. The highest BCUT2D eigenvalue weighted by Crippen LogP contribution is 2.23. The van der Waals surface area contributed by atoms with E-state index in [-0.39, 0.29) is 0 Å². The van der Waals surface area contributed by atoms with Crippen LogP contribution in [0.3, 0.4) is 0 Å². The number of aromatic nitrogens is 1. The van der Waals surface area contributed by atoms with E-state index >= 15 is 0 Å². The summed E-state index contributed by atoms with van der Waals surface area (Å²) in [6, 6.07) is 19.4. The average molecular weight is 308 g/mol. The molecule has 1 heterocycles. The first kappa shape index (κ1) is 14.1. The van der Waals surface area contributed by atoms with E-state index in [9.17, 15) is 0 Å². The number of rotatable bonds is 1. The Morgan fingerprint density at radius 1 is 0.789 bits per heavy atom. The van der Waals surface area contributed by atoms with Gasteiger partial charge in [0.2, 0.25) is 0 Å². The lowest BCUT2D eigenvalue weighted by Crippen LogP contribution is -1.74. The summed E-state index contributed by atoms with van der Waals surface area (Å²) >= 11 is 12.7. The largest absolute Gasteiger partial charge is 0.225 e. The van der Waals surface area contributed by atoms with Gasteiger partial charge in [0, 0.05) is 16.0 Å². The van der Waals surface area contributed by atoms with Crippen molar-refractivity contribution in [2.24, 2.45) is 0 Å². The second-order valence-electron chi connectivity index (χ2n) is 3.65. The van der Waals surface area contributed by atoms with Crippen LogP contribution in [0.1, 0.15) is 0 Å². The van der Waals surface area contributed by atoms with E-state index in [4.69, 9.17) is 23.2 Å². The van der Waals surface area contributed by atoms with Crippen LogP contribution in [0.4, 0.5) is 0 Å². The molecular formula is C15H11Cl2NS. The first-order valence-electron chi connectivity index (χ1n) is 5.63. The summed E-state index contributed by atoms with van der Waals surface area (Å²) in [4.78, 5) is 4.16. The van der Waals surface area contributed by atoms with Gasteiger partial charge in [0.05, 0.1) is 5.69 Å². The van der Waals surface area contributed by atoms with Gasteiger partial charge >= 0.3 is 0 Å². The molecule has 0 radical (unpaired) electrons. The van der Waals surface area contributed by atoms with Crippen molar-refractivity contribution in [3.63, 3.8) is 0 Å². The molecular weight excluding hydrogens is 297 g/mol. The number of hydrogen-bond donors (Lipinski definition) is 0. The van der Waals surface area contributed by atoms with Crippen LogP contribution >= 0.6 is 34.5 Å². The molecule has 0 aliphatic heterocycles. The molecule has 19 heavy (non-hydrogen) atoms. The first-order chi connectivity index (χ1) is 9.25. The molecule has 0 aliphatic carbocycles. The van der Waals surface area contributed by atoms with Gasteiger partial charge in [-0.2, -0.15) is 0 Å². The smallest absolute Gasteiger partial charge is 0.184 e. The molecule has 0 saturated heterocycles. The summed E-state index contributed by atoms with van der Waals surface area (Å²) in [5, 5.41) is 2.75. The van der Waals surface area contributed by atoms with Crippen molar-refractivity contribution < 1.29 is 0 Å². The van der Waals surface area contributed by atoms with Crippen LogP contribution in [0.5, 0.6) is 0 Å². The Morgan fingerprint density at radius 3 is 1.79 bits per heavy atom. The standard InChI is InChI=1S/C9H6ClNS.C6H5Cl/c10-9-11-8(6-12-9)7-4-2-1-3-5-7;7-6-4-2-1-3-5-6/h1-6H;1-5H. The summed E-state index contributed by atoms with van der Waals surface area (Å²) in [7, 11) is 0. The van der Waals surface area contributed by atoms with E-state index in [2.05, 4.69) is 4.98 Å². The third-order valence-corrected chi connectivity index (χ3v) is 3.51. The molecule has 1 nitrogen and oxygen atoms in total. The lowest BCUT2D eigenvalue weighted by atomic mass is 10.2. The monoisotopic (exact) mass is 307 g/mol. The van der Waals surface area contributed by atoms with Gasteiger partial charge in [-0.3, -0.25) is 0 Å². The lowest BCUT2D eigenvalue weighted by molar-refractivity contribution is 1.41. The van der Waals surface area contributed by atoms with E-state index in [0.717, 1.165) is 16.3 Å². The zero-order valence-corrected chi connectivity index (χ0v) is 12.3. The van der Waals surface area contributed by atoms with E-state index in [0.29, 0.717) is 4.47 Å². The van der Waals surface area contributed by atoms with Crippen LogP contribution in [0.15, 0.2) is 66.0 Å². The van der Waals surface area contributed by atoms with Gasteiger partial charge in [-0.25, -0.2) is 4.98 Å². The fraction of sp³-hybridized carbons (Fsp3) is 0. The summed E-state index contributed by atoms with van der Waals surface area (Å²) in [6.07, 6.45) is 0. The van der Waals surface area contributed by atoms with Crippen LogP contribution in [-0.4, -0.2) is 4.98 Å². The minimum absolute atomic E-state index is 0.592. The van der Waals surface area contributed by atoms with Crippen molar-refractivity contribution in [2.75, 3.05) is 0 Å². The summed E-state index contributed by atoms with van der Waals surface area (Å²) in [5.74, 6) is 0. The highest BCUT2D eigenvalue weighted by Gasteiger charge is 2.00. The molecule has 1 aromatic heterocycles. The molecule has 96 valence electrons. The van der Waals surface area contributed by atoms with Crippen molar-refractivity contribution >= 4 is 34.5 Å². The number of hydrogen-bond acceptors (Lipinski definition) is 2. The van der Waals surface area contributed by atoms with Gasteiger partial charge in [0.1, 0.15) is 0 Å². The predicted octanol–water partition coefficient (Wildman–Crippen LogP) is 5.80. The lowest BCUT2D eigenvalue weighted by Gasteiger charge is -1.92. The van der Waals surface area contributed by atoms with Crippen molar-refractivity contribution in [1.29, 1.82) is 0 Å². The molecule has 2 aromatic carbocycles. The van der Waals surface area contributed by atoms with Crippen LogP contribution < -0.4 is 0 Å². The Bertz CT molecular complexity index is 608. The molecule has 0 spiro atoms. The normalized spacial score (nSPS) is 9.58. The highest BCUT2D eigenvalue weighted by molar-refractivity contribution is 7.14. The third kappa shape index (κ3) is 4.67. The SMILES string of the molecule is Clc1ccccc1.Clc1nc(-c2ccccc2)cs1. The van der Waals surface area contributed by atoms with Gasteiger partial charge in [-0.15, -0.1) is 11.3 Å². The topological polar surface area (TPSA) is 12.9 Å². The fourth-order valence-corrected chi connectivity index (χ4v) is 2.33. The minimum Gasteiger partial charge on any atom is -0.225 e. The van der Waals surface area contributed by atoms with Crippen LogP contribution in [-0.2, 0) is 0 Å². The van der Waals surface area contributed by atoms with Crippen LogP contribution in [0.2, 0.25) is 9.49 Å². The second-order valence-corrected chi connectivity index (χ2v) is 5.52. The molecule has 3 aromatic rings. The van der Waals surface area contributed by atoms with Gasteiger partial charge in [0.15, 0.2) is 4.47 Å². The van der Waals surface area contributed by atoms with Gasteiger partial charge in [-0.1, -0.05) is 71.7 Å². The quantitative estimate of drug-likeness (QED) is 0.553. The van der Waals surface area contributed by atoms with E-state index in [1.165, 1.54) is 11.3 Å². The molecule has 0 unspecified atom stereocenters. The maximum Gasteiger partial charge on any atom is 0.184 e. The Labute approximate surface area is 126 Å². The molecule has 3 rings (SSSR count). The molecule has 0 aliphatic rings. The van der Waals surface area contributed by atoms with Crippen LogP contribution in [0, 0.1) is 0 Å². The Morgan fingerprint density at radius 2 is 1.37 bits per heavy atom. The fourth-order valence-electron chi connectivity index (χ4n) is 1.41. The van der Waals surface area contributed by atoms with Gasteiger partial charge in [0.25, 0.3) is 0 Å². The van der Waals surface area contributed by atoms with Crippen LogP contribution in [0.25, 0.3) is 11.3 Å². The van der Waals surface area contributed by atoms with Crippen molar-refractivity contribution in [3.05, 3.63) is 75.5 Å². The Balaban J connectivity index is 0.000000163. The third-order valence-electron chi connectivity index (χ3n) is 2.28. The molecule has 0 bridgehead atoms. The molecule has 4 heteroatoms. The zero-order chi connectivity index (χ0) is 13.5. The predicted molar refractivity (Wildman–Crippen MR) is 84.0 cm³/mol. The molecule has 0 N–H and O–H groups in total. The van der Waals surface area contributed by atoms with Crippen molar-refractivity contribution in [2.45, 2.75) is 0 Å². The van der Waals surface area contributed by atoms with Crippen molar-refractivity contribution in [1.82, 2.24) is 4.98 Å². The van der Waals surface area contributed by atoms with E-state index in [1.54, 1.807) is 0 Å². The van der Waals surface area contributed by atoms with Crippen molar-refractivity contribution in [3.8, 4) is 11.3 Å². The van der Waals surface area contributed by atoms with Gasteiger partial charge < -0.3 is 0 Å². The number of benzene rings is 2.